The number of nitrogens with one attached hydrogen (secondary N) is 2. The van der Waals surface area contributed by atoms with Crippen molar-refractivity contribution in [2.24, 2.45) is 0 Å². The zero-order valence-corrected chi connectivity index (χ0v) is 19.3. The van der Waals surface area contributed by atoms with Crippen molar-refractivity contribution >= 4 is 62.1 Å². The number of carbonyl (C=O) groups is 1. The number of nitrogens with zero attached hydrogens (tertiary/aromatic N) is 1. The molecule has 4 aromatic rings. The number of ether oxygens (including phenoxy) is 1. The number of hydrogen-bond donors (Lipinski definition) is 3. The molecule has 9 heteroatoms. The van der Waals surface area contributed by atoms with Gasteiger partial charge >= 0.3 is 0 Å². The van der Waals surface area contributed by atoms with Gasteiger partial charge in [-0.1, -0.05) is 23.7 Å². The molecule has 0 aliphatic heterocycles. The Bertz CT molecular complexity index is 1290. The van der Waals surface area contributed by atoms with Crippen molar-refractivity contribution in [1.29, 1.82) is 0 Å². The molecule has 0 radical (unpaired) electrons. The smallest absolute Gasteiger partial charge is 0.257 e. The Morgan fingerprint density at radius 2 is 2.00 bits per heavy atom. The summed E-state index contributed by atoms with van der Waals surface area (Å²) in [6.07, 6.45) is 0. The first-order chi connectivity index (χ1) is 15.4. The summed E-state index contributed by atoms with van der Waals surface area (Å²) >= 11 is 12.9. The number of fused-ring (bicyclic) bond motifs is 1. The molecule has 162 valence electrons. The molecule has 1 amide bonds. The Balaban J connectivity index is 1.48. The second-order valence-electron chi connectivity index (χ2n) is 6.71. The second kappa shape index (κ2) is 9.52. The number of thiocarbonyl (C=S) groups is 1. The fraction of sp³-hybridized carbons (Fsp3) is 0.0870. The molecule has 0 saturated heterocycles. The van der Waals surface area contributed by atoms with E-state index in [-0.39, 0.29) is 10.9 Å². The van der Waals surface area contributed by atoms with E-state index in [9.17, 15) is 9.90 Å². The van der Waals surface area contributed by atoms with Crippen LogP contribution in [-0.4, -0.2) is 27.7 Å². The molecule has 0 unspecified atom stereocenters. The predicted octanol–water partition coefficient (Wildman–Crippen LogP) is 5.85. The van der Waals surface area contributed by atoms with Gasteiger partial charge in [0.15, 0.2) is 5.11 Å². The predicted molar refractivity (Wildman–Crippen MR) is 133 cm³/mol. The van der Waals surface area contributed by atoms with Crippen LogP contribution in [0.4, 0.5) is 5.69 Å². The average molecular weight is 484 g/mol. The molecule has 0 bridgehead atoms. The molecule has 3 N–H and O–H groups in total. The summed E-state index contributed by atoms with van der Waals surface area (Å²) < 4.78 is 6.41. The van der Waals surface area contributed by atoms with Crippen molar-refractivity contribution in [2.75, 3.05) is 11.9 Å². The highest BCUT2D eigenvalue weighted by molar-refractivity contribution is 7.80. The first-order valence-corrected chi connectivity index (χ1v) is 11.3. The molecular formula is C23H18ClN3O3S2. The topological polar surface area (TPSA) is 83.5 Å². The Hall–Kier alpha value is -3.20. The van der Waals surface area contributed by atoms with Gasteiger partial charge < -0.3 is 15.2 Å². The number of amides is 1. The van der Waals surface area contributed by atoms with Crippen molar-refractivity contribution < 1.29 is 14.6 Å². The fourth-order valence-electron chi connectivity index (χ4n) is 3.02. The molecule has 0 aliphatic carbocycles. The normalized spacial score (nSPS) is 10.7. The number of aromatic nitrogens is 1. The maximum atomic E-state index is 12.5. The molecule has 0 saturated carbocycles. The van der Waals surface area contributed by atoms with Gasteiger partial charge in [-0.05, 0) is 67.7 Å². The van der Waals surface area contributed by atoms with Crippen LogP contribution in [0.25, 0.3) is 20.8 Å². The molecule has 0 spiro atoms. The van der Waals surface area contributed by atoms with E-state index in [1.165, 1.54) is 17.4 Å². The zero-order chi connectivity index (χ0) is 22.7. The lowest BCUT2D eigenvalue weighted by Gasteiger charge is -2.12. The van der Waals surface area contributed by atoms with Crippen LogP contribution in [0.3, 0.4) is 0 Å². The van der Waals surface area contributed by atoms with Crippen molar-refractivity contribution in [2.45, 2.75) is 6.92 Å². The minimum Gasteiger partial charge on any atom is -0.507 e. The molecule has 0 atom stereocenters. The fourth-order valence-corrected chi connectivity index (χ4v) is 4.46. The number of thiazole rings is 1. The van der Waals surface area contributed by atoms with Gasteiger partial charge in [0.2, 0.25) is 0 Å². The third kappa shape index (κ3) is 4.83. The van der Waals surface area contributed by atoms with E-state index in [2.05, 4.69) is 15.6 Å². The standard InChI is InChI=1S/C23H18ClN3O3S2/c1-2-30-19-10-7-13(11-16(19)24)21(29)27-23(31)25-14-8-9-18(28)15(12-14)22-26-17-5-3-4-6-20(17)32-22/h3-12,28H,2H2,1H3,(H2,25,27,29,31). The van der Waals surface area contributed by atoms with Crippen molar-refractivity contribution in [3.8, 4) is 22.1 Å². The zero-order valence-electron chi connectivity index (χ0n) is 16.9. The van der Waals surface area contributed by atoms with Gasteiger partial charge in [-0.15, -0.1) is 11.3 Å². The first kappa shape index (κ1) is 22.0. The van der Waals surface area contributed by atoms with Crippen LogP contribution in [-0.2, 0) is 0 Å². The van der Waals surface area contributed by atoms with Gasteiger partial charge in [-0.25, -0.2) is 4.98 Å². The lowest BCUT2D eigenvalue weighted by molar-refractivity contribution is 0.0977. The Morgan fingerprint density at radius 1 is 1.19 bits per heavy atom. The summed E-state index contributed by atoms with van der Waals surface area (Å²) in [5.74, 6) is 0.212. The minimum absolute atomic E-state index is 0.105. The molecular weight excluding hydrogens is 466 g/mol. The highest BCUT2D eigenvalue weighted by Gasteiger charge is 2.14. The Kier molecular flexibility index (Phi) is 6.55. The van der Waals surface area contributed by atoms with Crippen LogP contribution in [0.2, 0.25) is 5.02 Å². The number of rotatable bonds is 5. The molecule has 3 aromatic carbocycles. The summed E-state index contributed by atoms with van der Waals surface area (Å²) in [6, 6.07) is 17.5. The van der Waals surface area contributed by atoms with Crippen LogP contribution in [0.5, 0.6) is 11.5 Å². The van der Waals surface area contributed by atoms with Gasteiger partial charge in [0.1, 0.15) is 16.5 Å². The van der Waals surface area contributed by atoms with Gasteiger partial charge in [0.25, 0.3) is 5.91 Å². The highest BCUT2D eigenvalue weighted by atomic mass is 35.5. The second-order valence-corrected chi connectivity index (χ2v) is 8.55. The Labute approximate surface area is 198 Å². The quantitative estimate of drug-likeness (QED) is 0.244. The summed E-state index contributed by atoms with van der Waals surface area (Å²) in [4.78, 5) is 17.1. The van der Waals surface area contributed by atoms with E-state index in [1.54, 1.807) is 30.3 Å². The number of phenolic OH excluding ortho intramolecular Hbond substituents is 1. The van der Waals surface area contributed by atoms with E-state index in [1.807, 2.05) is 31.2 Å². The third-order valence-electron chi connectivity index (χ3n) is 4.50. The van der Waals surface area contributed by atoms with Crippen LogP contribution in [0.1, 0.15) is 17.3 Å². The molecule has 32 heavy (non-hydrogen) atoms. The van der Waals surface area contributed by atoms with E-state index in [0.717, 1.165) is 10.2 Å². The number of aromatic hydroxyl groups is 1. The lowest BCUT2D eigenvalue weighted by Crippen LogP contribution is -2.34. The average Bonchev–Trinajstić information content (AvgIpc) is 3.20. The van der Waals surface area contributed by atoms with Gasteiger partial charge in [-0.3, -0.25) is 10.1 Å². The van der Waals surface area contributed by atoms with Crippen LogP contribution in [0, 0.1) is 0 Å². The van der Waals surface area contributed by atoms with Crippen molar-refractivity contribution in [3.05, 3.63) is 71.2 Å². The SMILES string of the molecule is CCOc1ccc(C(=O)NC(=S)Nc2ccc(O)c(-c3nc4ccccc4s3)c2)cc1Cl. The Morgan fingerprint density at radius 3 is 2.75 bits per heavy atom. The van der Waals surface area contributed by atoms with Crippen molar-refractivity contribution in [3.63, 3.8) is 0 Å². The first-order valence-electron chi connectivity index (χ1n) is 9.68. The lowest BCUT2D eigenvalue weighted by atomic mass is 10.2. The van der Waals surface area contributed by atoms with Gasteiger partial charge in [0.05, 0.1) is 27.4 Å². The highest BCUT2D eigenvalue weighted by Crippen LogP contribution is 2.36. The maximum absolute atomic E-state index is 12.5. The minimum atomic E-state index is -0.405. The number of hydrogen-bond acceptors (Lipinski definition) is 6. The number of anilines is 1. The van der Waals surface area contributed by atoms with E-state index in [4.69, 9.17) is 28.6 Å². The van der Waals surface area contributed by atoms with Crippen LogP contribution >= 0.6 is 35.2 Å². The maximum Gasteiger partial charge on any atom is 0.257 e. The number of phenols is 1. The van der Waals surface area contributed by atoms with Crippen molar-refractivity contribution in [1.82, 2.24) is 10.3 Å². The number of halogens is 1. The van der Waals surface area contributed by atoms with E-state index in [0.29, 0.717) is 39.2 Å². The summed E-state index contributed by atoms with van der Waals surface area (Å²) in [5, 5.41) is 17.1. The summed E-state index contributed by atoms with van der Waals surface area (Å²) in [5.41, 5.74) is 2.39. The van der Waals surface area contributed by atoms with E-state index < -0.39 is 5.91 Å². The number of carbonyl (C=O) groups excluding carboxylic acids is 1. The largest absolute Gasteiger partial charge is 0.507 e. The molecule has 4 rings (SSSR count). The van der Waals surface area contributed by atoms with Gasteiger partial charge in [-0.2, -0.15) is 0 Å². The molecule has 1 aromatic heterocycles. The van der Waals surface area contributed by atoms with Crippen LogP contribution in [0.15, 0.2) is 60.7 Å². The third-order valence-corrected chi connectivity index (χ3v) is 6.07. The molecule has 0 fully saturated rings. The monoisotopic (exact) mass is 483 g/mol. The number of para-hydroxylation sites is 1. The summed E-state index contributed by atoms with van der Waals surface area (Å²) in [7, 11) is 0. The molecule has 1 heterocycles. The van der Waals surface area contributed by atoms with Gasteiger partial charge in [0, 0.05) is 11.3 Å². The van der Waals surface area contributed by atoms with E-state index >= 15 is 0 Å². The molecule has 6 nitrogen and oxygen atoms in total. The molecule has 0 aliphatic rings. The summed E-state index contributed by atoms with van der Waals surface area (Å²) in [6.45, 7) is 2.33. The number of benzene rings is 3. The van der Waals surface area contributed by atoms with Crippen LogP contribution < -0.4 is 15.4 Å².